The van der Waals surface area contributed by atoms with Crippen LogP contribution in [0.25, 0.3) is 0 Å². The third-order valence-electron chi connectivity index (χ3n) is 3.81. The van der Waals surface area contributed by atoms with Crippen molar-refractivity contribution in [3.05, 3.63) is 27.7 Å². The molecule has 1 aromatic rings. The van der Waals surface area contributed by atoms with Gasteiger partial charge in [0.2, 0.25) is 10.0 Å². The van der Waals surface area contributed by atoms with Crippen LogP contribution in [0.1, 0.15) is 18.9 Å². The molecule has 1 saturated carbocycles. The van der Waals surface area contributed by atoms with E-state index in [1.807, 2.05) is 0 Å². The smallest absolute Gasteiger partial charge is 0.244 e. The standard InChI is InChI=1S/C13H18Cl2N2O2S/c1-8-5-9(8)7-17(2)20(18,19)12-4-3-11(14)10(6-16)13(12)15/h3-4,8-9H,5-7,16H2,1-2H3. The van der Waals surface area contributed by atoms with E-state index in [1.165, 1.54) is 16.4 Å². The van der Waals surface area contributed by atoms with Gasteiger partial charge >= 0.3 is 0 Å². The van der Waals surface area contributed by atoms with Crippen LogP contribution in [0.3, 0.4) is 0 Å². The van der Waals surface area contributed by atoms with Crippen LogP contribution in [-0.2, 0) is 16.6 Å². The first-order valence-corrected chi connectivity index (χ1v) is 8.62. The summed E-state index contributed by atoms with van der Waals surface area (Å²) in [5.74, 6) is 1.03. The van der Waals surface area contributed by atoms with Gasteiger partial charge in [-0.2, -0.15) is 0 Å². The first-order valence-electron chi connectivity index (χ1n) is 6.42. The third-order valence-corrected chi connectivity index (χ3v) is 6.57. The fourth-order valence-corrected chi connectivity index (χ4v) is 4.34. The highest BCUT2D eigenvalue weighted by Crippen LogP contribution is 2.39. The fourth-order valence-electron chi connectivity index (χ4n) is 2.21. The first-order chi connectivity index (χ1) is 9.28. The molecular formula is C13H18Cl2N2O2S. The van der Waals surface area contributed by atoms with Gasteiger partial charge in [0, 0.05) is 30.7 Å². The average Bonchev–Trinajstić information content (AvgIpc) is 3.05. The zero-order chi connectivity index (χ0) is 15.1. The van der Waals surface area contributed by atoms with Crippen LogP contribution in [0, 0.1) is 11.8 Å². The van der Waals surface area contributed by atoms with Crippen molar-refractivity contribution in [2.45, 2.75) is 24.8 Å². The molecule has 1 aliphatic carbocycles. The van der Waals surface area contributed by atoms with Gasteiger partial charge in [0.25, 0.3) is 0 Å². The van der Waals surface area contributed by atoms with Crippen LogP contribution in [0.15, 0.2) is 17.0 Å². The normalized spacial score (nSPS) is 22.3. The molecule has 2 atom stereocenters. The molecule has 4 nitrogen and oxygen atoms in total. The summed E-state index contributed by atoms with van der Waals surface area (Å²) in [5, 5.41) is 0.505. The Labute approximate surface area is 129 Å². The van der Waals surface area contributed by atoms with Gasteiger partial charge in [0.1, 0.15) is 4.90 Å². The molecule has 0 aliphatic heterocycles. The maximum atomic E-state index is 12.6. The fraction of sp³-hybridized carbons (Fsp3) is 0.538. The number of benzene rings is 1. The summed E-state index contributed by atoms with van der Waals surface area (Å²) in [6.07, 6.45) is 1.07. The van der Waals surface area contributed by atoms with Crippen molar-refractivity contribution in [2.75, 3.05) is 13.6 Å². The summed E-state index contributed by atoms with van der Waals surface area (Å²) < 4.78 is 26.5. The predicted molar refractivity (Wildman–Crippen MR) is 81.4 cm³/mol. The van der Waals surface area contributed by atoms with E-state index in [-0.39, 0.29) is 16.5 Å². The lowest BCUT2D eigenvalue weighted by atomic mass is 10.2. The van der Waals surface area contributed by atoms with Gasteiger partial charge in [-0.25, -0.2) is 12.7 Å². The molecule has 2 unspecified atom stereocenters. The van der Waals surface area contributed by atoms with Crippen molar-refractivity contribution >= 4 is 33.2 Å². The molecule has 7 heteroatoms. The molecule has 0 amide bonds. The Bertz CT molecular complexity index is 619. The van der Waals surface area contributed by atoms with E-state index in [4.69, 9.17) is 28.9 Å². The second kappa shape index (κ2) is 5.81. The van der Waals surface area contributed by atoms with E-state index in [1.54, 1.807) is 7.05 Å². The summed E-state index contributed by atoms with van der Waals surface area (Å²) in [4.78, 5) is 0.0693. The molecule has 0 saturated heterocycles. The van der Waals surface area contributed by atoms with E-state index in [9.17, 15) is 8.42 Å². The Kier molecular flexibility index (Phi) is 4.66. The van der Waals surface area contributed by atoms with Crippen molar-refractivity contribution < 1.29 is 8.42 Å². The second-order valence-electron chi connectivity index (χ2n) is 5.30. The Hall–Kier alpha value is -0.330. The van der Waals surface area contributed by atoms with Gasteiger partial charge in [-0.3, -0.25) is 0 Å². The zero-order valence-corrected chi connectivity index (χ0v) is 13.8. The summed E-state index contributed by atoms with van der Waals surface area (Å²) in [7, 11) is -2.03. The lowest BCUT2D eigenvalue weighted by molar-refractivity contribution is 0.444. The topological polar surface area (TPSA) is 63.4 Å². The number of rotatable bonds is 5. The Balaban J connectivity index is 2.34. The maximum absolute atomic E-state index is 12.6. The minimum absolute atomic E-state index is 0.0693. The van der Waals surface area contributed by atoms with Crippen molar-refractivity contribution in [3.8, 4) is 0 Å². The SMILES string of the molecule is CC1CC1CN(C)S(=O)(=O)c1ccc(Cl)c(CN)c1Cl. The quantitative estimate of drug-likeness (QED) is 0.899. The minimum atomic E-state index is -3.61. The molecule has 0 spiro atoms. The minimum Gasteiger partial charge on any atom is -0.326 e. The van der Waals surface area contributed by atoms with Crippen LogP contribution < -0.4 is 5.73 Å². The van der Waals surface area contributed by atoms with Crippen LogP contribution in [0.5, 0.6) is 0 Å². The molecular weight excluding hydrogens is 319 g/mol. The summed E-state index contributed by atoms with van der Waals surface area (Å²) in [5.41, 5.74) is 6.03. The maximum Gasteiger partial charge on any atom is 0.244 e. The van der Waals surface area contributed by atoms with Gasteiger partial charge in [0.05, 0.1) is 5.02 Å². The van der Waals surface area contributed by atoms with Crippen molar-refractivity contribution in [2.24, 2.45) is 17.6 Å². The lowest BCUT2D eigenvalue weighted by Crippen LogP contribution is -2.29. The largest absolute Gasteiger partial charge is 0.326 e. The Morgan fingerprint density at radius 1 is 1.40 bits per heavy atom. The molecule has 0 heterocycles. The molecule has 0 bridgehead atoms. The number of hydrogen-bond donors (Lipinski definition) is 1. The molecule has 2 N–H and O–H groups in total. The lowest BCUT2D eigenvalue weighted by Gasteiger charge is -2.19. The van der Waals surface area contributed by atoms with Gasteiger partial charge in [-0.05, 0) is 30.4 Å². The van der Waals surface area contributed by atoms with Gasteiger partial charge in [-0.15, -0.1) is 0 Å². The molecule has 0 radical (unpaired) electrons. The van der Waals surface area contributed by atoms with Gasteiger partial charge in [-0.1, -0.05) is 30.1 Å². The first kappa shape index (κ1) is 16.0. The van der Waals surface area contributed by atoms with Crippen LogP contribution in [0.4, 0.5) is 0 Å². The van der Waals surface area contributed by atoms with Crippen LogP contribution in [-0.4, -0.2) is 26.3 Å². The summed E-state index contributed by atoms with van der Waals surface area (Å²) in [6, 6.07) is 2.96. The molecule has 1 aromatic carbocycles. The highest BCUT2D eigenvalue weighted by Gasteiger charge is 2.36. The molecule has 0 aromatic heterocycles. The second-order valence-corrected chi connectivity index (χ2v) is 8.10. The third kappa shape index (κ3) is 2.97. The number of nitrogens with two attached hydrogens (primary N) is 1. The van der Waals surface area contributed by atoms with Crippen molar-refractivity contribution in [1.29, 1.82) is 0 Å². The van der Waals surface area contributed by atoms with Crippen LogP contribution in [0.2, 0.25) is 10.0 Å². The van der Waals surface area contributed by atoms with E-state index >= 15 is 0 Å². The number of nitrogens with zero attached hydrogens (tertiary/aromatic N) is 1. The highest BCUT2D eigenvalue weighted by molar-refractivity contribution is 7.89. The highest BCUT2D eigenvalue weighted by atomic mass is 35.5. The predicted octanol–water partition coefficient (Wildman–Crippen LogP) is 2.73. The molecule has 1 fully saturated rings. The molecule has 20 heavy (non-hydrogen) atoms. The van der Waals surface area contributed by atoms with E-state index in [0.29, 0.717) is 29.0 Å². The van der Waals surface area contributed by atoms with Crippen LogP contribution >= 0.6 is 23.2 Å². The van der Waals surface area contributed by atoms with Gasteiger partial charge < -0.3 is 5.73 Å². The number of halogens is 2. The average molecular weight is 337 g/mol. The number of hydrogen-bond acceptors (Lipinski definition) is 3. The number of sulfonamides is 1. The molecule has 112 valence electrons. The summed E-state index contributed by atoms with van der Waals surface area (Å²) >= 11 is 12.1. The Morgan fingerprint density at radius 3 is 2.50 bits per heavy atom. The van der Waals surface area contributed by atoms with E-state index < -0.39 is 10.0 Å². The monoisotopic (exact) mass is 336 g/mol. The van der Waals surface area contributed by atoms with Gasteiger partial charge in [0.15, 0.2) is 0 Å². The zero-order valence-electron chi connectivity index (χ0n) is 11.4. The van der Waals surface area contributed by atoms with E-state index in [2.05, 4.69) is 6.92 Å². The molecule has 1 aliphatic rings. The van der Waals surface area contributed by atoms with Crippen molar-refractivity contribution in [1.82, 2.24) is 4.31 Å². The van der Waals surface area contributed by atoms with E-state index in [0.717, 1.165) is 6.42 Å². The van der Waals surface area contributed by atoms with Crippen molar-refractivity contribution in [3.63, 3.8) is 0 Å². The summed E-state index contributed by atoms with van der Waals surface area (Å²) in [6.45, 7) is 2.73. The Morgan fingerprint density at radius 2 is 2.00 bits per heavy atom. The molecule has 2 rings (SSSR count).